The number of halogens is 3. The molecule has 2 aromatic carbocycles. The molecule has 0 saturated heterocycles. The van der Waals surface area contributed by atoms with E-state index in [-0.39, 0.29) is 17.9 Å². The van der Waals surface area contributed by atoms with Gasteiger partial charge in [-0.15, -0.1) is 0 Å². The van der Waals surface area contributed by atoms with Gasteiger partial charge in [-0.1, -0.05) is 15.9 Å². The normalized spacial score (nSPS) is 10.0. The van der Waals surface area contributed by atoms with Crippen molar-refractivity contribution in [1.82, 2.24) is 0 Å². The first-order valence-electron chi connectivity index (χ1n) is 5.36. The summed E-state index contributed by atoms with van der Waals surface area (Å²) in [6, 6.07) is 10.0. The van der Waals surface area contributed by atoms with Gasteiger partial charge in [-0.2, -0.15) is 5.26 Å². The van der Waals surface area contributed by atoms with E-state index in [1.807, 2.05) is 6.07 Å². The summed E-state index contributed by atoms with van der Waals surface area (Å²) in [4.78, 5) is 0. The molecule has 0 aromatic heterocycles. The maximum Gasteiger partial charge on any atom is 0.165 e. The fourth-order valence-electron chi connectivity index (χ4n) is 1.55. The summed E-state index contributed by atoms with van der Waals surface area (Å²) in [5.74, 6) is -0.954. The number of nitrogens with zero attached hydrogens (tertiary/aromatic N) is 1. The molecule has 0 spiro atoms. The smallest absolute Gasteiger partial charge is 0.165 e. The molecule has 0 atom stereocenters. The second-order valence-electron chi connectivity index (χ2n) is 3.82. The first-order chi connectivity index (χ1) is 9.08. The van der Waals surface area contributed by atoms with Crippen LogP contribution in [0.2, 0.25) is 0 Å². The first kappa shape index (κ1) is 13.5. The van der Waals surface area contributed by atoms with Gasteiger partial charge < -0.3 is 4.74 Å². The molecule has 0 heterocycles. The van der Waals surface area contributed by atoms with E-state index in [0.29, 0.717) is 10.0 Å². The van der Waals surface area contributed by atoms with Gasteiger partial charge in [0.25, 0.3) is 0 Å². The van der Waals surface area contributed by atoms with E-state index in [1.165, 1.54) is 24.3 Å². The summed E-state index contributed by atoms with van der Waals surface area (Å²) in [7, 11) is 0. The van der Waals surface area contributed by atoms with Crippen LogP contribution in [0.5, 0.6) is 5.75 Å². The first-order valence-corrected chi connectivity index (χ1v) is 6.15. The van der Waals surface area contributed by atoms with Crippen LogP contribution in [0, 0.1) is 23.0 Å². The minimum Gasteiger partial charge on any atom is -0.486 e. The van der Waals surface area contributed by atoms with Gasteiger partial charge in [0.15, 0.2) is 11.6 Å². The molecule has 0 amide bonds. The second-order valence-corrected chi connectivity index (χ2v) is 4.74. The predicted molar refractivity (Wildman–Crippen MR) is 69.5 cm³/mol. The van der Waals surface area contributed by atoms with Crippen molar-refractivity contribution in [2.45, 2.75) is 6.61 Å². The van der Waals surface area contributed by atoms with Crippen LogP contribution in [0.25, 0.3) is 0 Å². The highest BCUT2D eigenvalue weighted by atomic mass is 79.9. The van der Waals surface area contributed by atoms with Crippen molar-refractivity contribution >= 4 is 15.9 Å². The van der Waals surface area contributed by atoms with E-state index in [0.717, 1.165) is 6.07 Å². The SMILES string of the molecule is N#Cc1cc(F)cc(COc2cc(Br)ccc2F)c1. The Labute approximate surface area is 117 Å². The number of nitriles is 1. The fraction of sp³-hybridized carbons (Fsp3) is 0.0714. The lowest BCUT2D eigenvalue weighted by Crippen LogP contribution is -1.98. The van der Waals surface area contributed by atoms with E-state index >= 15 is 0 Å². The molecule has 0 N–H and O–H groups in total. The zero-order valence-electron chi connectivity index (χ0n) is 9.66. The Kier molecular flexibility index (Phi) is 4.13. The third-order valence-corrected chi connectivity index (χ3v) is 2.87. The Bertz CT molecular complexity index is 652. The molecule has 0 aliphatic carbocycles. The van der Waals surface area contributed by atoms with Gasteiger partial charge in [0.2, 0.25) is 0 Å². The van der Waals surface area contributed by atoms with Crippen LogP contribution in [0.15, 0.2) is 40.9 Å². The van der Waals surface area contributed by atoms with Gasteiger partial charge in [-0.3, -0.25) is 0 Å². The summed E-state index contributed by atoms with van der Waals surface area (Å²) in [5, 5.41) is 8.73. The van der Waals surface area contributed by atoms with Gasteiger partial charge in [0, 0.05) is 4.47 Å². The molecular formula is C14H8BrF2NO. The summed E-state index contributed by atoms with van der Waals surface area (Å²) in [6.07, 6.45) is 0. The van der Waals surface area contributed by atoms with Crippen LogP contribution in [0.1, 0.15) is 11.1 Å². The molecule has 0 bridgehead atoms. The minimum atomic E-state index is -0.521. The van der Waals surface area contributed by atoms with Crippen molar-refractivity contribution in [3.63, 3.8) is 0 Å². The number of rotatable bonds is 3. The van der Waals surface area contributed by atoms with Crippen molar-refractivity contribution in [2.75, 3.05) is 0 Å². The molecule has 0 aliphatic heterocycles. The van der Waals surface area contributed by atoms with Crippen LogP contribution in [-0.2, 0) is 6.61 Å². The Morgan fingerprint density at radius 2 is 1.95 bits per heavy atom. The second kappa shape index (κ2) is 5.81. The molecule has 2 nitrogen and oxygen atoms in total. The average molecular weight is 324 g/mol. The Hall–Kier alpha value is -1.93. The molecule has 96 valence electrons. The van der Waals surface area contributed by atoms with Gasteiger partial charge in [-0.05, 0) is 42.0 Å². The van der Waals surface area contributed by atoms with Gasteiger partial charge in [0.05, 0.1) is 11.6 Å². The molecule has 0 fully saturated rings. The third-order valence-electron chi connectivity index (χ3n) is 2.37. The lowest BCUT2D eigenvalue weighted by Gasteiger charge is -2.08. The number of hydrogen-bond donors (Lipinski definition) is 0. The van der Waals surface area contributed by atoms with Crippen LogP contribution < -0.4 is 4.74 Å². The summed E-state index contributed by atoms with van der Waals surface area (Å²) < 4.78 is 32.6. The van der Waals surface area contributed by atoms with E-state index in [9.17, 15) is 8.78 Å². The maximum atomic E-state index is 13.4. The third kappa shape index (κ3) is 3.52. The number of hydrogen-bond acceptors (Lipinski definition) is 2. The molecule has 0 saturated carbocycles. The highest BCUT2D eigenvalue weighted by Gasteiger charge is 2.06. The Morgan fingerprint density at radius 3 is 2.68 bits per heavy atom. The largest absolute Gasteiger partial charge is 0.486 e. The van der Waals surface area contributed by atoms with Crippen LogP contribution in [-0.4, -0.2) is 0 Å². The summed E-state index contributed by atoms with van der Waals surface area (Å²) in [6.45, 7) is -0.0141. The highest BCUT2D eigenvalue weighted by molar-refractivity contribution is 9.10. The molecule has 2 rings (SSSR count). The molecule has 2 aromatic rings. The quantitative estimate of drug-likeness (QED) is 0.849. The van der Waals surface area contributed by atoms with Crippen LogP contribution >= 0.6 is 15.9 Å². The molecule has 0 aliphatic rings. The maximum absolute atomic E-state index is 13.4. The molecule has 0 unspecified atom stereocenters. The van der Waals surface area contributed by atoms with Crippen molar-refractivity contribution in [2.24, 2.45) is 0 Å². The van der Waals surface area contributed by atoms with Crippen molar-refractivity contribution in [3.8, 4) is 11.8 Å². The fourth-order valence-corrected chi connectivity index (χ4v) is 1.89. The van der Waals surface area contributed by atoms with Crippen molar-refractivity contribution < 1.29 is 13.5 Å². The minimum absolute atomic E-state index is 0.0141. The van der Waals surface area contributed by atoms with Gasteiger partial charge in [-0.25, -0.2) is 8.78 Å². The zero-order valence-corrected chi connectivity index (χ0v) is 11.2. The van der Waals surface area contributed by atoms with Crippen LogP contribution in [0.4, 0.5) is 8.78 Å². The highest BCUT2D eigenvalue weighted by Crippen LogP contribution is 2.23. The topological polar surface area (TPSA) is 33.0 Å². The Balaban J connectivity index is 2.17. The average Bonchev–Trinajstić information content (AvgIpc) is 2.39. The molecule has 19 heavy (non-hydrogen) atoms. The van der Waals surface area contributed by atoms with Gasteiger partial charge >= 0.3 is 0 Å². The lowest BCUT2D eigenvalue weighted by atomic mass is 10.1. The van der Waals surface area contributed by atoms with E-state index in [1.54, 1.807) is 6.07 Å². The summed E-state index contributed by atoms with van der Waals surface area (Å²) >= 11 is 3.21. The van der Waals surface area contributed by atoms with Gasteiger partial charge in [0.1, 0.15) is 12.4 Å². The van der Waals surface area contributed by atoms with Crippen molar-refractivity contribution in [1.29, 1.82) is 5.26 Å². The monoisotopic (exact) mass is 323 g/mol. The lowest BCUT2D eigenvalue weighted by molar-refractivity contribution is 0.289. The zero-order chi connectivity index (χ0) is 13.8. The molecule has 0 radical (unpaired) electrons. The number of benzene rings is 2. The van der Waals surface area contributed by atoms with E-state index in [4.69, 9.17) is 10.00 Å². The Morgan fingerprint density at radius 1 is 1.16 bits per heavy atom. The van der Waals surface area contributed by atoms with Crippen LogP contribution in [0.3, 0.4) is 0 Å². The predicted octanol–water partition coefficient (Wildman–Crippen LogP) is 4.18. The molecule has 5 heteroatoms. The standard InChI is InChI=1S/C14H8BrF2NO/c15-11-1-2-13(17)14(6-11)19-8-10-3-9(7-18)4-12(16)5-10/h1-6H,8H2. The molecular weight excluding hydrogens is 316 g/mol. The van der Waals surface area contributed by atoms with E-state index < -0.39 is 11.6 Å². The van der Waals surface area contributed by atoms with Crippen molar-refractivity contribution in [3.05, 3.63) is 63.6 Å². The number of ether oxygens (including phenoxy) is 1. The van der Waals surface area contributed by atoms with E-state index in [2.05, 4.69) is 15.9 Å². The summed E-state index contributed by atoms with van der Waals surface area (Å²) in [5.41, 5.74) is 0.671.